The molecule has 2 aliphatic heterocycles. The van der Waals surface area contributed by atoms with Crippen molar-refractivity contribution >= 4 is 11.6 Å². The van der Waals surface area contributed by atoms with E-state index in [1.165, 1.54) is 19.3 Å². The normalized spacial score (nSPS) is 28.0. The molecule has 0 unspecified atom stereocenters. The molecule has 134 valence electrons. The lowest BCUT2D eigenvalue weighted by atomic mass is 10.0. The molecule has 0 spiro atoms. The number of piperidine rings is 1. The third kappa shape index (κ3) is 3.06. The molecule has 5 heteroatoms. The van der Waals surface area contributed by atoms with Crippen LogP contribution >= 0.6 is 0 Å². The van der Waals surface area contributed by atoms with Crippen LogP contribution in [0.5, 0.6) is 0 Å². The van der Waals surface area contributed by atoms with Gasteiger partial charge < -0.3 is 9.30 Å². The predicted octanol–water partition coefficient (Wildman–Crippen LogP) is 3.12. The summed E-state index contributed by atoms with van der Waals surface area (Å²) in [5.74, 6) is 0.0746. The summed E-state index contributed by atoms with van der Waals surface area (Å²) in [4.78, 5) is 22.2. The van der Waals surface area contributed by atoms with Gasteiger partial charge in [0.25, 0.3) is 5.91 Å². The van der Waals surface area contributed by atoms with Gasteiger partial charge in [0.2, 0.25) is 0 Å². The molecule has 2 aromatic heterocycles. The Morgan fingerprint density at radius 2 is 1.96 bits per heavy atom. The number of carbonyl (C=O) groups excluding carboxylic acids is 1. The average Bonchev–Trinajstić information content (AvgIpc) is 3.17. The molecule has 25 heavy (non-hydrogen) atoms. The number of hydrogen-bond donors (Lipinski definition) is 0. The number of hydrogen-bond acceptors (Lipinski definition) is 3. The number of amides is 1. The zero-order valence-electron chi connectivity index (χ0n) is 15.5. The fourth-order valence-electron chi connectivity index (χ4n) is 4.67. The molecule has 0 N–H and O–H groups in total. The van der Waals surface area contributed by atoms with Crippen LogP contribution in [-0.4, -0.2) is 56.3 Å². The highest BCUT2D eigenvalue weighted by Crippen LogP contribution is 2.30. The Morgan fingerprint density at radius 3 is 2.72 bits per heavy atom. The molecule has 0 bridgehead atoms. The van der Waals surface area contributed by atoms with Crippen molar-refractivity contribution in [1.29, 1.82) is 0 Å². The van der Waals surface area contributed by atoms with Gasteiger partial charge in [-0.25, -0.2) is 4.98 Å². The summed E-state index contributed by atoms with van der Waals surface area (Å²) in [6.07, 6.45) is 8.67. The minimum atomic E-state index is 0.0746. The molecule has 4 rings (SSSR count). The molecule has 0 radical (unpaired) electrons. The van der Waals surface area contributed by atoms with Gasteiger partial charge in [-0.2, -0.15) is 0 Å². The molecular formula is C20H28N4O. The Balaban J connectivity index is 1.52. The number of carbonyl (C=O) groups is 1. The second kappa shape index (κ2) is 6.45. The van der Waals surface area contributed by atoms with E-state index in [9.17, 15) is 4.79 Å². The van der Waals surface area contributed by atoms with Gasteiger partial charge >= 0.3 is 0 Å². The first-order chi connectivity index (χ1) is 12.0. The first-order valence-electron chi connectivity index (χ1n) is 9.55. The van der Waals surface area contributed by atoms with E-state index < -0.39 is 0 Å². The molecule has 3 atom stereocenters. The van der Waals surface area contributed by atoms with Gasteiger partial charge in [0, 0.05) is 43.6 Å². The molecule has 0 aliphatic carbocycles. The summed E-state index contributed by atoms with van der Waals surface area (Å²) in [5, 5.41) is 0. The predicted molar refractivity (Wildman–Crippen MR) is 98.9 cm³/mol. The molecule has 2 aliphatic rings. The number of aryl methyl sites for hydroxylation is 1. The SMILES string of the molecule is Cc1ccn2cc(C(=O)N3CCC[C@H](N4[C@@H](C)CC[C@@H]4C)C3)nc2c1. The first kappa shape index (κ1) is 16.6. The zero-order chi connectivity index (χ0) is 17.6. The number of nitrogens with zero attached hydrogens (tertiary/aromatic N) is 4. The van der Waals surface area contributed by atoms with Gasteiger partial charge in [-0.15, -0.1) is 0 Å². The lowest BCUT2D eigenvalue weighted by molar-refractivity contribution is 0.0483. The lowest BCUT2D eigenvalue weighted by Gasteiger charge is -2.41. The lowest BCUT2D eigenvalue weighted by Crippen LogP contribution is -2.52. The summed E-state index contributed by atoms with van der Waals surface area (Å²) < 4.78 is 1.94. The Morgan fingerprint density at radius 1 is 1.20 bits per heavy atom. The summed E-state index contributed by atoms with van der Waals surface area (Å²) in [5.41, 5.74) is 2.57. The van der Waals surface area contributed by atoms with Crippen molar-refractivity contribution in [3.8, 4) is 0 Å². The van der Waals surface area contributed by atoms with Crippen LogP contribution in [0.1, 0.15) is 55.6 Å². The summed E-state index contributed by atoms with van der Waals surface area (Å²) in [6, 6.07) is 5.81. The molecule has 2 saturated heterocycles. The quantitative estimate of drug-likeness (QED) is 0.843. The van der Waals surface area contributed by atoms with Crippen LogP contribution in [0, 0.1) is 6.92 Å². The van der Waals surface area contributed by atoms with Crippen LogP contribution in [0.4, 0.5) is 0 Å². The molecule has 0 saturated carbocycles. The van der Waals surface area contributed by atoms with Crippen molar-refractivity contribution < 1.29 is 4.79 Å². The monoisotopic (exact) mass is 340 g/mol. The van der Waals surface area contributed by atoms with E-state index in [2.05, 4.69) is 23.7 Å². The average molecular weight is 340 g/mol. The van der Waals surface area contributed by atoms with Crippen LogP contribution in [0.25, 0.3) is 5.65 Å². The van der Waals surface area contributed by atoms with Gasteiger partial charge in [-0.05, 0) is 64.2 Å². The molecule has 5 nitrogen and oxygen atoms in total. The highest BCUT2D eigenvalue weighted by molar-refractivity contribution is 5.93. The van der Waals surface area contributed by atoms with Crippen LogP contribution in [0.2, 0.25) is 0 Å². The molecule has 4 heterocycles. The first-order valence-corrected chi connectivity index (χ1v) is 9.55. The molecule has 2 aromatic rings. The van der Waals surface area contributed by atoms with Gasteiger partial charge in [0.05, 0.1) is 0 Å². The number of likely N-dealkylation sites (tertiary alicyclic amines) is 2. The van der Waals surface area contributed by atoms with Crippen LogP contribution in [0.3, 0.4) is 0 Å². The van der Waals surface area contributed by atoms with Crippen molar-refractivity contribution in [3.05, 3.63) is 35.8 Å². The Hall–Kier alpha value is -1.88. The highest BCUT2D eigenvalue weighted by atomic mass is 16.2. The van der Waals surface area contributed by atoms with Crippen molar-refractivity contribution in [2.75, 3.05) is 13.1 Å². The molecule has 1 amide bonds. The Bertz CT molecular complexity index is 773. The highest BCUT2D eigenvalue weighted by Gasteiger charge is 2.36. The van der Waals surface area contributed by atoms with Crippen LogP contribution in [0.15, 0.2) is 24.5 Å². The summed E-state index contributed by atoms with van der Waals surface area (Å²) in [7, 11) is 0. The van der Waals surface area contributed by atoms with Gasteiger partial charge in [0.1, 0.15) is 11.3 Å². The number of rotatable bonds is 2. The molecular weight excluding hydrogens is 312 g/mol. The maximum absolute atomic E-state index is 13.0. The zero-order valence-corrected chi connectivity index (χ0v) is 15.5. The van der Waals surface area contributed by atoms with Crippen molar-refractivity contribution in [2.24, 2.45) is 0 Å². The van der Waals surface area contributed by atoms with E-state index in [0.717, 1.165) is 30.7 Å². The fraction of sp³-hybridized carbons (Fsp3) is 0.600. The van der Waals surface area contributed by atoms with E-state index in [1.54, 1.807) is 0 Å². The van der Waals surface area contributed by atoms with E-state index >= 15 is 0 Å². The minimum absolute atomic E-state index is 0.0746. The largest absolute Gasteiger partial charge is 0.336 e. The number of imidazole rings is 1. The second-order valence-electron chi connectivity index (χ2n) is 7.87. The Labute approximate surface area is 149 Å². The Kier molecular flexibility index (Phi) is 4.28. The minimum Gasteiger partial charge on any atom is -0.336 e. The van der Waals surface area contributed by atoms with Crippen LogP contribution < -0.4 is 0 Å². The number of aromatic nitrogens is 2. The van der Waals surface area contributed by atoms with E-state index in [1.807, 2.05) is 40.8 Å². The van der Waals surface area contributed by atoms with E-state index in [0.29, 0.717) is 23.8 Å². The van der Waals surface area contributed by atoms with E-state index in [4.69, 9.17) is 0 Å². The fourth-order valence-corrected chi connectivity index (χ4v) is 4.67. The molecule has 2 fully saturated rings. The topological polar surface area (TPSA) is 40.9 Å². The van der Waals surface area contributed by atoms with Gasteiger partial charge in [-0.3, -0.25) is 9.69 Å². The van der Waals surface area contributed by atoms with Crippen molar-refractivity contribution in [2.45, 2.75) is 64.6 Å². The van der Waals surface area contributed by atoms with Crippen molar-refractivity contribution in [1.82, 2.24) is 19.2 Å². The van der Waals surface area contributed by atoms with Crippen molar-refractivity contribution in [3.63, 3.8) is 0 Å². The van der Waals surface area contributed by atoms with Gasteiger partial charge in [-0.1, -0.05) is 0 Å². The number of fused-ring (bicyclic) bond motifs is 1. The van der Waals surface area contributed by atoms with Gasteiger partial charge in [0.15, 0.2) is 0 Å². The maximum atomic E-state index is 13.0. The second-order valence-corrected chi connectivity index (χ2v) is 7.87. The number of pyridine rings is 1. The third-order valence-electron chi connectivity index (χ3n) is 5.96. The maximum Gasteiger partial charge on any atom is 0.274 e. The summed E-state index contributed by atoms with van der Waals surface area (Å²) in [6.45, 7) is 8.38. The summed E-state index contributed by atoms with van der Waals surface area (Å²) >= 11 is 0. The standard InChI is InChI=1S/C20H28N4O/c1-14-8-10-22-13-18(21-19(22)11-14)20(25)23-9-4-5-17(12-23)24-15(2)6-7-16(24)3/h8,10-11,13,15-17H,4-7,9,12H2,1-3H3/t15-,16-,17-/m0/s1. The third-order valence-corrected chi connectivity index (χ3v) is 5.96. The smallest absolute Gasteiger partial charge is 0.274 e. The van der Waals surface area contributed by atoms with E-state index in [-0.39, 0.29) is 5.91 Å². The van der Waals surface area contributed by atoms with Crippen LogP contribution in [-0.2, 0) is 0 Å². The molecule has 0 aromatic carbocycles.